The van der Waals surface area contributed by atoms with Crippen LogP contribution >= 0.6 is 0 Å². The van der Waals surface area contributed by atoms with E-state index >= 15 is 0 Å². The van der Waals surface area contributed by atoms with E-state index in [4.69, 9.17) is 0 Å². The van der Waals surface area contributed by atoms with Crippen LogP contribution in [0.5, 0.6) is 0 Å². The third kappa shape index (κ3) is 3.72. The van der Waals surface area contributed by atoms with Gasteiger partial charge >= 0.3 is 0 Å². The molecule has 2 aliphatic carbocycles. The summed E-state index contributed by atoms with van der Waals surface area (Å²) in [6.45, 7) is 8.56. The first-order valence-electron chi connectivity index (χ1n) is 8.29. The van der Waals surface area contributed by atoms with Gasteiger partial charge in [0.1, 0.15) is 0 Å². The predicted molar refractivity (Wildman–Crippen MR) is 83.4 cm³/mol. The van der Waals surface area contributed by atoms with Crippen molar-refractivity contribution in [1.29, 1.82) is 0 Å². The second-order valence-electron chi connectivity index (χ2n) is 8.06. The van der Waals surface area contributed by atoms with Crippen LogP contribution in [-0.4, -0.2) is 37.6 Å². The van der Waals surface area contributed by atoms with Crippen LogP contribution in [0.1, 0.15) is 59.3 Å². The summed E-state index contributed by atoms with van der Waals surface area (Å²) in [7, 11) is 4.50. The highest BCUT2D eigenvalue weighted by molar-refractivity contribution is 4.91. The molecule has 2 aliphatic rings. The molecular formula is C17H34N2. The number of hydrogen-bond acceptors (Lipinski definition) is 2. The number of hydrogen-bond donors (Lipinski definition) is 1. The summed E-state index contributed by atoms with van der Waals surface area (Å²) in [5.41, 5.74) is 0.478. The van der Waals surface area contributed by atoms with Crippen molar-refractivity contribution in [3.63, 3.8) is 0 Å². The molecule has 0 amide bonds. The summed E-state index contributed by atoms with van der Waals surface area (Å²) in [6, 6.07) is 1.62. The maximum atomic E-state index is 3.58. The molecule has 0 spiro atoms. The second kappa shape index (κ2) is 6.13. The smallest absolute Gasteiger partial charge is 0.0105 e. The molecule has 0 aliphatic heterocycles. The highest BCUT2D eigenvalue weighted by atomic mass is 15.1. The lowest BCUT2D eigenvalue weighted by molar-refractivity contribution is 0.0694. The molecule has 19 heavy (non-hydrogen) atoms. The number of nitrogens with zero attached hydrogens (tertiary/aromatic N) is 1. The minimum Gasteiger partial charge on any atom is -0.317 e. The van der Waals surface area contributed by atoms with Crippen molar-refractivity contribution in [2.45, 2.75) is 71.4 Å². The average molecular weight is 266 g/mol. The minimum absolute atomic E-state index is 0.478. The normalized spacial score (nSPS) is 33.5. The Balaban J connectivity index is 1.93. The Labute approximate surface area is 120 Å². The Morgan fingerprint density at radius 3 is 2.26 bits per heavy atom. The molecule has 0 aromatic carbocycles. The van der Waals surface area contributed by atoms with Crippen LogP contribution in [0, 0.1) is 17.3 Å². The monoisotopic (exact) mass is 266 g/mol. The van der Waals surface area contributed by atoms with Crippen LogP contribution in [0.3, 0.4) is 0 Å². The highest BCUT2D eigenvalue weighted by Crippen LogP contribution is 2.41. The van der Waals surface area contributed by atoms with Crippen LogP contribution in [0.2, 0.25) is 0 Å². The lowest BCUT2D eigenvalue weighted by atomic mass is 9.67. The van der Waals surface area contributed by atoms with E-state index in [2.05, 4.69) is 45.1 Å². The quantitative estimate of drug-likeness (QED) is 0.837. The largest absolute Gasteiger partial charge is 0.317 e. The molecule has 2 fully saturated rings. The molecule has 3 atom stereocenters. The first-order valence-corrected chi connectivity index (χ1v) is 8.29. The third-order valence-electron chi connectivity index (χ3n) is 5.80. The zero-order chi connectivity index (χ0) is 14.0. The summed E-state index contributed by atoms with van der Waals surface area (Å²) in [5, 5.41) is 3.58. The fourth-order valence-corrected chi connectivity index (χ4v) is 3.98. The molecule has 2 heteroatoms. The third-order valence-corrected chi connectivity index (χ3v) is 5.80. The van der Waals surface area contributed by atoms with Gasteiger partial charge in [-0.3, -0.25) is 0 Å². The van der Waals surface area contributed by atoms with Crippen molar-refractivity contribution < 1.29 is 0 Å². The van der Waals surface area contributed by atoms with Gasteiger partial charge in [0.2, 0.25) is 0 Å². The molecule has 112 valence electrons. The van der Waals surface area contributed by atoms with Gasteiger partial charge in [-0.25, -0.2) is 0 Å². The Hall–Kier alpha value is -0.0800. The summed E-state index contributed by atoms with van der Waals surface area (Å²) >= 11 is 0. The fourth-order valence-electron chi connectivity index (χ4n) is 3.98. The Kier molecular flexibility index (Phi) is 4.94. The van der Waals surface area contributed by atoms with Crippen molar-refractivity contribution >= 4 is 0 Å². The van der Waals surface area contributed by atoms with E-state index in [1.54, 1.807) is 0 Å². The lowest BCUT2D eigenvalue weighted by Gasteiger charge is -2.45. The number of rotatable bonds is 4. The van der Waals surface area contributed by atoms with Crippen LogP contribution in [0.4, 0.5) is 0 Å². The van der Waals surface area contributed by atoms with E-state index < -0.39 is 0 Å². The van der Waals surface area contributed by atoms with E-state index in [9.17, 15) is 0 Å². The Bertz CT molecular complexity index is 277. The highest BCUT2D eigenvalue weighted by Gasteiger charge is 2.36. The topological polar surface area (TPSA) is 15.3 Å². The first kappa shape index (κ1) is 15.3. The second-order valence-corrected chi connectivity index (χ2v) is 8.06. The molecule has 2 saturated carbocycles. The summed E-state index contributed by atoms with van der Waals surface area (Å²) in [5.74, 6) is 1.74. The summed E-state index contributed by atoms with van der Waals surface area (Å²) in [4.78, 5) is 2.64. The molecule has 1 N–H and O–H groups in total. The van der Waals surface area contributed by atoms with Crippen molar-refractivity contribution in [2.75, 3.05) is 20.6 Å². The van der Waals surface area contributed by atoms with Crippen molar-refractivity contribution in [1.82, 2.24) is 10.2 Å². The van der Waals surface area contributed by atoms with Gasteiger partial charge in [0.15, 0.2) is 0 Å². The summed E-state index contributed by atoms with van der Waals surface area (Å²) < 4.78 is 0. The van der Waals surface area contributed by atoms with Crippen molar-refractivity contribution in [2.24, 2.45) is 17.3 Å². The molecule has 3 unspecified atom stereocenters. The molecule has 0 bridgehead atoms. The molecule has 0 aromatic heterocycles. The van der Waals surface area contributed by atoms with Crippen LogP contribution in [0.25, 0.3) is 0 Å². The van der Waals surface area contributed by atoms with Crippen LogP contribution in [0.15, 0.2) is 0 Å². The van der Waals surface area contributed by atoms with Crippen LogP contribution in [-0.2, 0) is 0 Å². The van der Waals surface area contributed by atoms with Gasteiger partial charge in [-0.1, -0.05) is 27.2 Å². The van der Waals surface area contributed by atoms with Gasteiger partial charge in [0.25, 0.3) is 0 Å². The maximum absolute atomic E-state index is 3.58. The van der Waals surface area contributed by atoms with E-state index in [0.29, 0.717) is 5.41 Å². The molecule has 2 rings (SSSR count). The average Bonchev–Trinajstić information content (AvgIpc) is 2.25. The molecule has 0 saturated heterocycles. The van der Waals surface area contributed by atoms with E-state index in [1.807, 2.05) is 0 Å². The SMILES string of the molecule is CNC1CCC(C(C)(C)C)CC1CN(C)C1CCC1. The first-order chi connectivity index (χ1) is 8.91. The minimum atomic E-state index is 0.478. The number of nitrogens with one attached hydrogen (secondary N) is 1. The van der Waals surface area contributed by atoms with Crippen molar-refractivity contribution in [3.05, 3.63) is 0 Å². The van der Waals surface area contributed by atoms with E-state index in [-0.39, 0.29) is 0 Å². The molecule has 0 radical (unpaired) electrons. The van der Waals surface area contributed by atoms with Gasteiger partial charge in [-0.2, -0.15) is 0 Å². The van der Waals surface area contributed by atoms with Gasteiger partial charge in [0, 0.05) is 18.6 Å². The van der Waals surface area contributed by atoms with Gasteiger partial charge in [0.05, 0.1) is 0 Å². The van der Waals surface area contributed by atoms with Gasteiger partial charge in [-0.05, 0) is 63.5 Å². The van der Waals surface area contributed by atoms with E-state index in [0.717, 1.165) is 23.9 Å². The van der Waals surface area contributed by atoms with Gasteiger partial charge < -0.3 is 10.2 Å². The predicted octanol–water partition coefficient (Wildman–Crippen LogP) is 3.52. The lowest BCUT2D eigenvalue weighted by Crippen LogP contribution is -2.48. The Morgan fingerprint density at radius 1 is 1.11 bits per heavy atom. The van der Waals surface area contributed by atoms with Crippen molar-refractivity contribution in [3.8, 4) is 0 Å². The Morgan fingerprint density at radius 2 is 1.79 bits per heavy atom. The zero-order valence-corrected chi connectivity index (χ0v) is 13.7. The zero-order valence-electron chi connectivity index (χ0n) is 13.7. The molecular weight excluding hydrogens is 232 g/mol. The standard InChI is InChI=1S/C17H34N2/c1-17(2,3)14-9-10-16(18-4)13(11-14)12-19(5)15-7-6-8-15/h13-16,18H,6-12H2,1-5H3. The van der Waals surface area contributed by atoms with Crippen LogP contribution < -0.4 is 5.32 Å². The molecule has 0 aromatic rings. The fraction of sp³-hybridized carbons (Fsp3) is 1.00. The summed E-state index contributed by atoms with van der Waals surface area (Å²) in [6.07, 6.45) is 8.47. The van der Waals surface area contributed by atoms with Gasteiger partial charge in [-0.15, -0.1) is 0 Å². The maximum Gasteiger partial charge on any atom is 0.0105 e. The molecule has 2 nitrogen and oxygen atoms in total. The van der Waals surface area contributed by atoms with E-state index in [1.165, 1.54) is 45.1 Å². The molecule has 0 heterocycles.